The maximum atomic E-state index is 12.4. The van der Waals surface area contributed by atoms with E-state index in [9.17, 15) is 14.2 Å². The molecular weight excluding hydrogens is 675 g/mol. The number of rotatable bonds is 40. The fourth-order valence-electron chi connectivity index (χ4n) is 6.24. The van der Waals surface area contributed by atoms with Crippen molar-refractivity contribution < 1.29 is 37.9 Å². The first kappa shape index (κ1) is 50.5. The molecule has 0 aliphatic rings. The lowest BCUT2D eigenvalue weighted by atomic mass is 10.0. The Kier molecular flexibility index (Phi) is 38.1. The zero-order valence-electron chi connectivity index (χ0n) is 33.7. The lowest BCUT2D eigenvalue weighted by molar-refractivity contribution is -0.161. The molecule has 0 aromatic heterocycles. The van der Waals surface area contributed by atoms with E-state index in [-0.39, 0.29) is 19.4 Å². The van der Waals surface area contributed by atoms with Gasteiger partial charge in [0.15, 0.2) is 6.10 Å². The first-order valence-electron chi connectivity index (χ1n) is 21.6. The molecule has 0 amide bonds. The van der Waals surface area contributed by atoms with Crippen molar-refractivity contribution in [3.05, 3.63) is 24.3 Å². The maximum Gasteiger partial charge on any atom is 0.469 e. The molecule has 0 spiro atoms. The highest BCUT2D eigenvalue weighted by atomic mass is 31.2. The average molecular weight is 757 g/mol. The lowest BCUT2D eigenvalue weighted by Crippen LogP contribution is -2.29. The average Bonchev–Trinajstić information content (AvgIpc) is 3.11. The van der Waals surface area contributed by atoms with Gasteiger partial charge in [-0.2, -0.15) is 0 Å². The number of esters is 2. The van der Waals surface area contributed by atoms with Gasteiger partial charge in [0, 0.05) is 12.8 Å². The van der Waals surface area contributed by atoms with Crippen LogP contribution in [0.5, 0.6) is 0 Å². The summed E-state index contributed by atoms with van der Waals surface area (Å²) >= 11 is 0. The number of hydrogen-bond acceptors (Lipinski definition) is 6. The van der Waals surface area contributed by atoms with Gasteiger partial charge in [0.05, 0.1) is 6.61 Å². The molecule has 0 rings (SSSR count). The Bertz CT molecular complexity index is 900. The molecule has 306 valence electrons. The van der Waals surface area contributed by atoms with Crippen molar-refractivity contribution in [2.45, 2.75) is 225 Å². The maximum absolute atomic E-state index is 12.4. The number of unbranched alkanes of at least 4 members (excludes halogenated alkanes) is 26. The second-order valence-corrected chi connectivity index (χ2v) is 15.9. The normalized spacial score (nSPS) is 12.6. The van der Waals surface area contributed by atoms with E-state index in [1.165, 1.54) is 148 Å². The monoisotopic (exact) mass is 757 g/mol. The molecule has 0 fully saturated rings. The van der Waals surface area contributed by atoms with E-state index < -0.39 is 32.5 Å². The summed E-state index contributed by atoms with van der Waals surface area (Å²) in [5, 5.41) is 0. The Hall–Kier alpha value is -1.47. The Labute approximate surface area is 319 Å². The van der Waals surface area contributed by atoms with Crippen LogP contribution in [0.2, 0.25) is 0 Å². The van der Waals surface area contributed by atoms with Gasteiger partial charge in [0.25, 0.3) is 0 Å². The number of carbonyl (C=O) groups is 2. The zero-order valence-corrected chi connectivity index (χ0v) is 34.6. The molecule has 8 nitrogen and oxygen atoms in total. The number of hydrogen-bond donors (Lipinski definition) is 2. The highest BCUT2D eigenvalue weighted by Crippen LogP contribution is 2.36. The predicted octanol–water partition coefficient (Wildman–Crippen LogP) is 13.2. The van der Waals surface area contributed by atoms with Gasteiger partial charge in [-0.1, -0.05) is 192 Å². The van der Waals surface area contributed by atoms with Crippen LogP contribution in [0.3, 0.4) is 0 Å². The van der Waals surface area contributed by atoms with Gasteiger partial charge < -0.3 is 19.3 Å². The molecule has 0 unspecified atom stereocenters. The fourth-order valence-corrected chi connectivity index (χ4v) is 6.60. The van der Waals surface area contributed by atoms with Crippen molar-refractivity contribution in [3.8, 4) is 0 Å². The summed E-state index contributed by atoms with van der Waals surface area (Å²) in [5.74, 6) is -0.927. The van der Waals surface area contributed by atoms with Gasteiger partial charge in [-0.15, -0.1) is 0 Å². The molecule has 52 heavy (non-hydrogen) atoms. The summed E-state index contributed by atoms with van der Waals surface area (Å²) in [5.41, 5.74) is 0. The SMILES string of the molecule is CCCCCCCCCCC/C=C/C/C=C/CCCC(=O)O[C@H](COC(=O)CCCCCCCCCCCCCCCCCCC)COP(=O)(O)O. The van der Waals surface area contributed by atoms with Gasteiger partial charge in [-0.3, -0.25) is 14.1 Å². The van der Waals surface area contributed by atoms with Crippen molar-refractivity contribution in [1.82, 2.24) is 0 Å². The topological polar surface area (TPSA) is 119 Å². The molecule has 1 atom stereocenters. The van der Waals surface area contributed by atoms with Crippen molar-refractivity contribution in [3.63, 3.8) is 0 Å². The second kappa shape index (κ2) is 39.2. The van der Waals surface area contributed by atoms with Crippen LogP contribution in [0.1, 0.15) is 219 Å². The van der Waals surface area contributed by atoms with Crippen LogP contribution in [-0.4, -0.2) is 41.0 Å². The zero-order chi connectivity index (χ0) is 38.2. The Balaban J connectivity index is 3.93. The van der Waals surface area contributed by atoms with E-state index in [2.05, 4.69) is 36.6 Å². The molecule has 9 heteroatoms. The third-order valence-corrected chi connectivity index (χ3v) is 9.96. The van der Waals surface area contributed by atoms with Gasteiger partial charge in [0.1, 0.15) is 6.61 Å². The summed E-state index contributed by atoms with van der Waals surface area (Å²) in [6.07, 6.45) is 44.8. The van der Waals surface area contributed by atoms with Crippen LogP contribution in [0.25, 0.3) is 0 Å². The smallest absolute Gasteiger partial charge is 0.462 e. The van der Waals surface area contributed by atoms with Crippen LogP contribution in [0, 0.1) is 0 Å². The standard InChI is InChI=1S/C43H81O8P/c1-3-5-7-9-11-13-15-17-19-21-23-25-27-29-31-33-35-37-42(44)49-39-41(40-50-52(46,47)48)51-43(45)38-36-34-32-30-28-26-24-22-20-18-16-14-12-10-8-6-4-2/h24,26,30,32,41H,3-23,25,27-29,31,33-40H2,1-2H3,(H2,46,47,48)/b26-24+,32-30+/t41-/m1/s1. The van der Waals surface area contributed by atoms with Crippen molar-refractivity contribution in [1.29, 1.82) is 0 Å². The van der Waals surface area contributed by atoms with Crippen LogP contribution in [0.4, 0.5) is 0 Å². The lowest BCUT2D eigenvalue weighted by Gasteiger charge is -2.18. The molecule has 0 aromatic carbocycles. The number of phosphoric ester groups is 1. The van der Waals surface area contributed by atoms with Crippen molar-refractivity contribution >= 4 is 19.8 Å². The largest absolute Gasteiger partial charge is 0.469 e. The Morgan fingerprint density at radius 2 is 0.885 bits per heavy atom. The molecule has 0 saturated carbocycles. The minimum Gasteiger partial charge on any atom is -0.462 e. The van der Waals surface area contributed by atoms with Crippen LogP contribution in [0.15, 0.2) is 24.3 Å². The first-order chi connectivity index (χ1) is 25.3. The highest BCUT2D eigenvalue weighted by Gasteiger charge is 2.22. The molecule has 0 heterocycles. The first-order valence-corrected chi connectivity index (χ1v) is 23.2. The Morgan fingerprint density at radius 1 is 0.500 bits per heavy atom. The highest BCUT2D eigenvalue weighted by molar-refractivity contribution is 7.46. The third-order valence-electron chi connectivity index (χ3n) is 9.47. The van der Waals surface area contributed by atoms with Crippen molar-refractivity contribution in [2.24, 2.45) is 0 Å². The third kappa shape index (κ3) is 41.3. The van der Waals surface area contributed by atoms with Gasteiger partial charge in [-0.05, 0) is 38.5 Å². The van der Waals surface area contributed by atoms with Crippen LogP contribution in [-0.2, 0) is 28.2 Å². The molecule has 0 bridgehead atoms. The number of ether oxygens (including phenoxy) is 2. The van der Waals surface area contributed by atoms with E-state index in [0.717, 1.165) is 38.5 Å². The predicted molar refractivity (Wildman–Crippen MR) is 216 cm³/mol. The number of carbonyl (C=O) groups excluding carboxylic acids is 2. The minimum atomic E-state index is -4.76. The molecule has 0 aromatic rings. The van der Waals surface area contributed by atoms with E-state index >= 15 is 0 Å². The summed E-state index contributed by atoms with van der Waals surface area (Å²) in [4.78, 5) is 42.8. The molecule has 0 saturated heterocycles. The summed E-state index contributed by atoms with van der Waals surface area (Å²) in [6.45, 7) is 3.67. The fraction of sp³-hybridized carbons (Fsp3) is 0.860. The summed E-state index contributed by atoms with van der Waals surface area (Å²) in [6, 6.07) is 0. The molecule has 2 N–H and O–H groups in total. The summed E-state index contributed by atoms with van der Waals surface area (Å²) < 4.78 is 26.4. The van der Waals surface area contributed by atoms with Crippen LogP contribution < -0.4 is 0 Å². The van der Waals surface area contributed by atoms with Gasteiger partial charge >= 0.3 is 19.8 Å². The van der Waals surface area contributed by atoms with Crippen molar-refractivity contribution in [2.75, 3.05) is 13.2 Å². The van der Waals surface area contributed by atoms with Gasteiger partial charge in [-0.25, -0.2) is 4.57 Å². The molecule has 0 radical (unpaired) electrons. The summed E-state index contributed by atoms with van der Waals surface area (Å²) in [7, 11) is -4.76. The quantitative estimate of drug-likeness (QED) is 0.0274. The van der Waals surface area contributed by atoms with E-state index in [4.69, 9.17) is 19.3 Å². The number of allylic oxidation sites excluding steroid dienone is 4. The minimum absolute atomic E-state index is 0.151. The van der Waals surface area contributed by atoms with Gasteiger partial charge in [0.2, 0.25) is 0 Å². The van der Waals surface area contributed by atoms with E-state index in [1.54, 1.807) is 0 Å². The second-order valence-electron chi connectivity index (χ2n) is 14.7. The molecule has 0 aliphatic heterocycles. The van der Waals surface area contributed by atoms with Crippen LogP contribution >= 0.6 is 7.82 Å². The molecular formula is C43H81O8P. The van der Waals surface area contributed by atoms with E-state index in [1.807, 2.05) is 6.08 Å². The number of phosphoric acid groups is 1. The van der Waals surface area contributed by atoms with E-state index in [0.29, 0.717) is 6.42 Å². The Morgan fingerprint density at radius 3 is 1.33 bits per heavy atom. The molecule has 0 aliphatic carbocycles.